The van der Waals surface area contributed by atoms with E-state index >= 15 is 0 Å². The molecule has 3 rings (SSSR count). The summed E-state index contributed by atoms with van der Waals surface area (Å²) in [5.74, 6) is 0.835. The summed E-state index contributed by atoms with van der Waals surface area (Å²) in [5.41, 5.74) is -0.0125. The Morgan fingerprint density at radius 1 is 1.03 bits per heavy atom. The molecule has 0 saturated carbocycles. The minimum Gasteiger partial charge on any atom is -0.490 e. The lowest BCUT2D eigenvalue weighted by Crippen LogP contribution is -2.37. The minimum atomic E-state index is -0.504. The highest BCUT2D eigenvalue weighted by Crippen LogP contribution is 2.31. The first kappa shape index (κ1) is 22.1. The van der Waals surface area contributed by atoms with E-state index in [0.717, 1.165) is 17.4 Å². The van der Waals surface area contributed by atoms with Crippen LogP contribution in [-0.4, -0.2) is 37.8 Å². The number of rotatable bonds is 9. The summed E-state index contributed by atoms with van der Waals surface area (Å²) in [5, 5.41) is 2.80. The van der Waals surface area contributed by atoms with Gasteiger partial charge in [0.15, 0.2) is 22.7 Å². The van der Waals surface area contributed by atoms with Crippen LogP contribution in [0.2, 0.25) is 0 Å². The number of hydrogen-bond donors (Lipinski definition) is 1. The SMILES string of the molecule is CCCOc1ccc(NC(=O)Cn2cnc3c2c(=O)n(C)c(=O)n3C)cc1OCCC. The molecule has 0 radical (unpaired) electrons. The number of anilines is 1. The highest BCUT2D eigenvalue weighted by Gasteiger charge is 2.16. The molecule has 2 aromatic heterocycles. The van der Waals surface area contributed by atoms with E-state index in [0.29, 0.717) is 30.4 Å². The zero-order chi connectivity index (χ0) is 22.5. The van der Waals surface area contributed by atoms with Gasteiger partial charge in [0.05, 0.1) is 19.5 Å². The van der Waals surface area contributed by atoms with Gasteiger partial charge in [-0.1, -0.05) is 13.8 Å². The van der Waals surface area contributed by atoms with Gasteiger partial charge in [-0.15, -0.1) is 0 Å². The van der Waals surface area contributed by atoms with Crippen LogP contribution < -0.4 is 26.0 Å². The van der Waals surface area contributed by atoms with Crippen LogP contribution in [0.4, 0.5) is 5.69 Å². The second kappa shape index (κ2) is 9.50. The quantitative estimate of drug-likeness (QED) is 0.554. The molecule has 0 spiro atoms. The van der Waals surface area contributed by atoms with Crippen molar-refractivity contribution in [2.24, 2.45) is 14.1 Å². The molecule has 10 nitrogen and oxygen atoms in total. The first-order valence-electron chi connectivity index (χ1n) is 10.2. The molecular formula is C21H27N5O5. The number of aromatic nitrogens is 4. The Morgan fingerprint density at radius 2 is 1.71 bits per heavy atom. The number of imidazole rings is 1. The van der Waals surface area contributed by atoms with Crippen LogP contribution in [0.5, 0.6) is 11.5 Å². The molecule has 0 aliphatic heterocycles. The van der Waals surface area contributed by atoms with Gasteiger partial charge in [0.25, 0.3) is 5.56 Å². The fourth-order valence-corrected chi connectivity index (χ4v) is 3.11. The van der Waals surface area contributed by atoms with Crippen molar-refractivity contribution < 1.29 is 14.3 Å². The zero-order valence-electron chi connectivity index (χ0n) is 18.2. The van der Waals surface area contributed by atoms with Gasteiger partial charge in [-0.25, -0.2) is 9.78 Å². The van der Waals surface area contributed by atoms with Gasteiger partial charge in [0.2, 0.25) is 5.91 Å². The van der Waals surface area contributed by atoms with Crippen LogP contribution in [0, 0.1) is 0 Å². The molecule has 0 bridgehead atoms. The van der Waals surface area contributed by atoms with Crippen LogP contribution >= 0.6 is 0 Å². The number of hydrogen-bond acceptors (Lipinski definition) is 6. The second-order valence-corrected chi connectivity index (χ2v) is 7.16. The number of nitrogens with zero attached hydrogens (tertiary/aromatic N) is 4. The molecule has 166 valence electrons. The van der Waals surface area contributed by atoms with Crippen molar-refractivity contribution in [3.05, 3.63) is 45.4 Å². The number of carbonyl (C=O) groups excluding carboxylic acids is 1. The molecule has 31 heavy (non-hydrogen) atoms. The maximum absolute atomic E-state index is 12.6. The van der Waals surface area contributed by atoms with Gasteiger partial charge in [0.1, 0.15) is 6.54 Å². The van der Waals surface area contributed by atoms with Gasteiger partial charge >= 0.3 is 5.69 Å². The van der Waals surface area contributed by atoms with E-state index in [-0.39, 0.29) is 23.6 Å². The molecule has 0 aliphatic carbocycles. The van der Waals surface area contributed by atoms with E-state index in [4.69, 9.17) is 9.47 Å². The predicted octanol–water partition coefficient (Wildman–Crippen LogP) is 1.65. The summed E-state index contributed by atoms with van der Waals surface area (Å²) in [6.07, 6.45) is 3.09. The zero-order valence-corrected chi connectivity index (χ0v) is 18.2. The van der Waals surface area contributed by atoms with Gasteiger partial charge in [-0.05, 0) is 25.0 Å². The topological polar surface area (TPSA) is 109 Å². The molecule has 0 unspecified atom stereocenters. The lowest BCUT2D eigenvalue weighted by molar-refractivity contribution is -0.116. The van der Waals surface area contributed by atoms with Gasteiger partial charge in [0, 0.05) is 25.8 Å². The molecule has 3 aromatic rings. The molecule has 2 heterocycles. The van der Waals surface area contributed by atoms with Crippen LogP contribution in [0.25, 0.3) is 11.2 Å². The van der Waals surface area contributed by atoms with Crippen molar-refractivity contribution >= 4 is 22.8 Å². The van der Waals surface area contributed by atoms with E-state index in [1.54, 1.807) is 18.2 Å². The monoisotopic (exact) mass is 429 g/mol. The van der Waals surface area contributed by atoms with Crippen LogP contribution in [0.15, 0.2) is 34.1 Å². The van der Waals surface area contributed by atoms with Gasteiger partial charge in [-0.3, -0.25) is 18.7 Å². The van der Waals surface area contributed by atoms with E-state index < -0.39 is 11.2 Å². The van der Waals surface area contributed by atoms with E-state index in [2.05, 4.69) is 10.3 Å². The second-order valence-electron chi connectivity index (χ2n) is 7.16. The number of ether oxygens (including phenoxy) is 2. The van der Waals surface area contributed by atoms with Gasteiger partial charge in [-0.2, -0.15) is 0 Å². The number of aryl methyl sites for hydroxylation is 1. The Kier molecular flexibility index (Phi) is 6.78. The third-order valence-corrected chi connectivity index (χ3v) is 4.68. The average molecular weight is 429 g/mol. The van der Waals surface area contributed by atoms with Crippen LogP contribution in [0.1, 0.15) is 26.7 Å². The smallest absolute Gasteiger partial charge is 0.332 e. The molecule has 1 aromatic carbocycles. The number of carbonyl (C=O) groups is 1. The van der Waals surface area contributed by atoms with Crippen molar-refractivity contribution in [1.82, 2.24) is 18.7 Å². The normalized spacial score (nSPS) is 11.0. The van der Waals surface area contributed by atoms with Crippen molar-refractivity contribution in [2.45, 2.75) is 33.2 Å². The summed E-state index contributed by atoms with van der Waals surface area (Å²) in [7, 11) is 2.92. The number of fused-ring (bicyclic) bond motifs is 1. The van der Waals surface area contributed by atoms with Crippen LogP contribution in [0.3, 0.4) is 0 Å². The number of amides is 1. The maximum Gasteiger partial charge on any atom is 0.332 e. The van der Waals surface area contributed by atoms with E-state index in [9.17, 15) is 14.4 Å². The maximum atomic E-state index is 12.6. The Balaban J connectivity index is 1.82. The summed E-state index contributed by atoms with van der Waals surface area (Å²) >= 11 is 0. The predicted molar refractivity (Wildman–Crippen MR) is 117 cm³/mol. The Labute approximate surface area is 179 Å². The van der Waals surface area contributed by atoms with Gasteiger partial charge < -0.3 is 19.4 Å². The Morgan fingerprint density at radius 3 is 2.39 bits per heavy atom. The average Bonchev–Trinajstić information content (AvgIpc) is 3.17. The fourth-order valence-electron chi connectivity index (χ4n) is 3.11. The molecule has 0 aliphatic rings. The van der Waals surface area contributed by atoms with Crippen molar-refractivity contribution in [3.8, 4) is 11.5 Å². The lowest BCUT2D eigenvalue weighted by Gasteiger charge is -2.14. The first-order chi connectivity index (χ1) is 14.9. The molecule has 0 saturated heterocycles. The number of nitrogens with one attached hydrogen (secondary N) is 1. The molecule has 10 heteroatoms. The van der Waals surface area contributed by atoms with E-state index in [1.807, 2.05) is 13.8 Å². The summed E-state index contributed by atoms with van der Waals surface area (Å²) in [6, 6.07) is 5.21. The lowest BCUT2D eigenvalue weighted by atomic mass is 10.2. The van der Waals surface area contributed by atoms with E-state index in [1.165, 1.54) is 29.6 Å². The molecule has 1 amide bonds. The largest absolute Gasteiger partial charge is 0.490 e. The third kappa shape index (κ3) is 4.62. The standard InChI is InChI=1S/C21H27N5O5/c1-5-9-30-15-8-7-14(11-16(15)31-10-6-2)23-17(27)12-26-13-22-19-18(26)20(28)25(4)21(29)24(19)3/h7-8,11,13H,5-6,9-10,12H2,1-4H3,(H,23,27). The molecule has 0 atom stereocenters. The molecule has 0 fully saturated rings. The Hall–Kier alpha value is -3.56. The summed E-state index contributed by atoms with van der Waals surface area (Å²) < 4.78 is 15.2. The van der Waals surface area contributed by atoms with Crippen molar-refractivity contribution in [3.63, 3.8) is 0 Å². The highest BCUT2D eigenvalue weighted by molar-refractivity contribution is 5.91. The fraction of sp³-hybridized carbons (Fsp3) is 0.429. The molecular weight excluding hydrogens is 402 g/mol. The van der Waals surface area contributed by atoms with Crippen molar-refractivity contribution in [1.29, 1.82) is 0 Å². The third-order valence-electron chi connectivity index (χ3n) is 4.68. The van der Waals surface area contributed by atoms with Crippen LogP contribution in [-0.2, 0) is 25.4 Å². The minimum absolute atomic E-state index is 0.136. The van der Waals surface area contributed by atoms with Crippen molar-refractivity contribution in [2.75, 3.05) is 18.5 Å². The summed E-state index contributed by atoms with van der Waals surface area (Å²) in [4.78, 5) is 41.3. The first-order valence-corrected chi connectivity index (χ1v) is 10.2. The Bertz CT molecular complexity index is 1210. The highest BCUT2D eigenvalue weighted by atomic mass is 16.5. The number of benzene rings is 1. The summed E-state index contributed by atoms with van der Waals surface area (Å²) in [6.45, 7) is 4.99. The molecule has 1 N–H and O–H groups in total.